The van der Waals surface area contributed by atoms with Crippen LogP contribution in [0.3, 0.4) is 0 Å². The lowest BCUT2D eigenvalue weighted by Gasteiger charge is -2.08. The fraction of sp³-hybridized carbons (Fsp3) is 0.800. The van der Waals surface area contributed by atoms with Gasteiger partial charge in [0.15, 0.2) is 0 Å². The molecule has 8 heavy (non-hydrogen) atoms. The van der Waals surface area contributed by atoms with Gasteiger partial charge in [0, 0.05) is 0 Å². The Bertz CT molecular complexity index is 90.3. The number of carboxylic acid groups (broad SMARTS) is 1. The molecule has 1 radical (unpaired) electrons. The minimum atomic E-state index is -1.33. The topological polar surface area (TPSA) is 57.2 Å². The Hall–Kier alpha value is -0.570. The summed E-state index contributed by atoms with van der Waals surface area (Å²) in [5, 5.41) is 18.6. The minimum Gasteiger partial charge on any atom is -0.481 e. The Morgan fingerprint density at radius 3 is 2.00 bits per heavy atom. The van der Waals surface area contributed by atoms with Crippen molar-refractivity contribution in [1.29, 1.82) is 0 Å². The van der Waals surface area contributed by atoms with Gasteiger partial charge in [-0.1, -0.05) is 0 Å². The molecular formula is C5H9O3. The summed E-state index contributed by atoms with van der Waals surface area (Å²) in [5.41, 5.74) is -1.33. The van der Waals surface area contributed by atoms with Crippen molar-refractivity contribution >= 4 is 5.97 Å². The highest BCUT2D eigenvalue weighted by Gasteiger charge is 2.18. The summed E-state index contributed by atoms with van der Waals surface area (Å²) < 4.78 is 0. The molecule has 0 amide bonds. The standard InChI is InChI=1S/C5H9O3/c1-5(2,8)3-4(6)7/h3H2,1-2H3,(H,6,7). The van der Waals surface area contributed by atoms with E-state index in [4.69, 9.17) is 5.11 Å². The summed E-state index contributed by atoms with van der Waals surface area (Å²) in [6.07, 6.45) is -0.313. The van der Waals surface area contributed by atoms with Gasteiger partial charge in [-0.2, -0.15) is 0 Å². The Morgan fingerprint density at radius 1 is 1.62 bits per heavy atom. The van der Waals surface area contributed by atoms with Gasteiger partial charge < -0.3 is 5.11 Å². The van der Waals surface area contributed by atoms with Crippen molar-refractivity contribution in [3.8, 4) is 0 Å². The van der Waals surface area contributed by atoms with E-state index in [1.165, 1.54) is 13.8 Å². The van der Waals surface area contributed by atoms with Gasteiger partial charge in [-0.15, -0.1) is 0 Å². The summed E-state index contributed by atoms with van der Waals surface area (Å²) in [6, 6.07) is 0. The largest absolute Gasteiger partial charge is 0.481 e. The molecule has 0 aromatic heterocycles. The molecule has 0 heterocycles. The summed E-state index contributed by atoms with van der Waals surface area (Å²) in [6.45, 7) is 2.70. The molecule has 0 rings (SSSR count). The first-order chi connectivity index (χ1) is 3.42. The van der Waals surface area contributed by atoms with E-state index in [-0.39, 0.29) is 6.42 Å². The van der Waals surface area contributed by atoms with Crippen molar-refractivity contribution in [3.63, 3.8) is 0 Å². The predicted molar refractivity (Wildman–Crippen MR) is 27.0 cm³/mol. The van der Waals surface area contributed by atoms with E-state index in [0.717, 1.165) is 0 Å². The Labute approximate surface area is 47.9 Å². The first-order valence-corrected chi connectivity index (χ1v) is 2.34. The van der Waals surface area contributed by atoms with E-state index in [2.05, 4.69) is 0 Å². The van der Waals surface area contributed by atoms with Crippen molar-refractivity contribution in [3.05, 3.63) is 0 Å². The Balaban J connectivity index is 3.55. The molecule has 0 fully saturated rings. The van der Waals surface area contributed by atoms with E-state index < -0.39 is 11.6 Å². The molecule has 3 nitrogen and oxygen atoms in total. The van der Waals surface area contributed by atoms with Crippen molar-refractivity contribution in [2.75, 3.05) is 0 Å². The summed E-state index contributed by atoms with van der Waals surface area (Å²) >= 11 is 0. The third-order valence-electron chi connectivity index (χ3n) is 0.577. The normalized spacial score (nSPS) is 11.4. The second-order valence-electron chi connectivity index (χ2n) is 2.33. The van der Waals surface area contributed by atoms with E-state index >= 15 is 0 Å². The second kappa shape index (κ2) is 2.13. The highest BCUT2D eigenvalue weighted by atomic mass is 16.4. The number of rotatable bonds is 2. The van der Waals surface area contributed by atoms with E-state index in [9.17, 15) is 9.90 Å². The molecule has 0 aliphatic rings. The van der Waals surface area contributed by atoms with Crippen molar-refractivity contribution < 1.29 is 15.0 Å². The minimum absolute atomic E-state index is 0.313. The van der Waals surface area contributed by atoms with Gasteiger partial charge in [0.25, 0.3) is 0 Å². The fourth-order valence-electron chi connectivity index (χ4n) is 0.364. The third kappa shape index (κ3) is 5.43. The molecule has 0 aliphatic carbocycles. The molecule has 0 aliphatic heterocycles. The first-order valence-electron chi connectivity index (χ1n) is 2.34. The van der Waals surface area contributed by atoms with Crippen LogP contribution in [0.2, 0.25) is 0 Å². The van der Waals surface area contributed by atoms with Crippen LogP contribution in [0.5, 0.6) is 0 Å². The van der Waals surface area contributed by atoms with Gasteiger partial charge in [-0.25, -0.2) is 5.11 Å². The zero-order valence-corrected chi connectivity index (χ0v) is 4.97. The van der Waals surface area contributed by atoms with Crippen LogP contribution in [0.15, 0.2) is 0 Å². The quantitative estimate of drug-likeness (QED) is 0.577. The zero-order chi connectivity index (χ0) is 6.78. The van der Waals surface area contributed by atoms with Crippen molar-refractivity contribution in [1.82, 2.24) is 0 Å². The average molecular weight is 117 g/mol. The van der Waals surface area contributed by atoms with Crippen LogP contribution in [0, 0.1) is 0 Å². The maximum atomic E-state index is 10.5. The summed E-state index contributed by atoms with van der Waals surface area (Å²) in [7, 11) is 0. The van der Waals surface area contributed by atoms with Crippen LogP contribution in [-0.2, 0) is 9.90 Å². The number of carbonyl (C=O) groups is 1. The van der Waals surface area contributed by atoms with E-state index in [0.29, 0.717) is 0 Å². The molecule has 1 N–H and O–H groups in total. The van der Waals surface area contributed by atoms with Gasteiger partial charge in [-0.05, 0) is 13.8 Å². The summed E-state index contributed by atoms with van der Waals surface area (Å²) in [4.78, 5) is 9.81. The highest BCUT2D eigenvalue weighted by molar-refractivity contribution is 5.67. The van der Waals surface area contributed by atoms with Crippen molar-refractivity contribution in [2.45, 2.75) is 25.9 Å². The Kier molecular flexibility index (Phi) is 1.98. The molecule has 0 saturated heterocycles. The van der Waals surface area contributed by atoms with Crippen LogP contribution in [-0.4, -0.2) is 16.7 Å². The van der Waals surface area contributed by atoms with Gasteiger partial charge in [0.2, 0.25) is 0 Å². The average Bonchev–Trinajstić information content (AvgIpc) is 1.21. The molecule has 0 saturated carbocycles. The number of aliphatic carboxylic acids is 1. The second-order valence-corrected chi connectivity index (χ2v) is 2.33. The lowest BCUT2D eigenvalue weighted by Crippen LogP contribution is -2.20. The molecule has 3 heteroatoms. The van der Waals surface area contributed by atoms with E-state index in [1.54, 1.807) is 0 Å². The number of hydrogen-bond donors (Lipinski definition) is 1. The van der Waals surface area contributed by atoms with Crippen LogP contribution in [0.25, 0.3) is 0 Å². The molecule has 0 spiro atoms. The molecule has 0 atom stereocenters. The van der Waals surface area contributed by atoms with Crippen LogP contribution in [0.1, 0.15) is 20.3 Å². The molecular weight excluding hydrogens is 108 g/mol. The molecule has 0 aromatic rings. The number of hydrogen-bond acceptors (Lipinski definition) is 1. The number of carboxylic acids is 1. The predicted octanol–water partition coefficient (Wildman–Crippen LogP) is 0.670. The van der Waals surface area contributed by atoms with Crippen LogP contribution in [0.4, 0.5) is 0 Å². The zero-order valence-electron chi connectivity index (χ0n) is 4.97. The molecule has 0 bridgehead atoms. The lowest BCUT2D eigenvalue weighted by molar-refractivity contribution is -0.143. The van der Waals surface area contributed by atoms with Gasteiger partial charge in [0.1, 0.15) is 5.60 Å². The van der Waals surface area contributed by atoms with Crippen molar-refractivity contribution in [2.24, 2.45) is 0 Å². The van der Waals surface area contributed by atoms with Crippen LogP contribution < -0.4 is 0 Å². The highest BCUT2D eigenvalue weighted by Crippen LogP contribution is 2.06. The first kappa shape index (κ1) is 7.43. The van der Waals surface area contributed by atoms with Crippen LogP contribution >= 0.6 is 0 Å². The summed E-state index contributed by atoms with van der Waals surface area (Å²) in [5.74, 6) is -1.04. The maximum Gasteiger partial charge on any atom is 0.306 e. The Morgan fingerprint density at radius 2 is 2.00 bits per heavy atom. The SMILES string of the molecule is CC(C)([O])CC(=O)O. The van der Waals surface area contributed by atoms with Gasteiger partial charge in [0.05, 0.1) is 6.42 Å². The fourth-order valence-corrected chi connectivity index (χ4v) is 0.364. The molecule has 0 aromatic carbocycles. The smallest absolute Gasteiger partial charge is 0.306 e. The van der Waals surface area contributed by atoms with Gasteiger partial charge in [-0.3, -0.25) is 4.79 Å². The lowest BCUT2D eigenvalue weighted by atomic mass is 10.1. The molecule has 0 unspecified atom stereocenters. The third-order valence-corrected chi connectivity index (χ3v) is 0.577. The molecule has 47 valence electrons. The van der Waals surface area contributed by atoms with E-state index in [1.807, 2.05) is 0 Å². The van der Waals surface area contributed by atoms with Gasteiger partial charge >= 0.3 is 5.97 Å². The maximum absolute atomic E-state index is 10.5. The monoisotopic (exact) mass is 117 g/mol.